The lowest BCUT2D eigenvalue weighted by Gasteiger charge is -2.52. The van der Waals surface area contributed by atoms with Crippen LogP contribution in [0.5, 0.6) is 0 Å². The zero-order valence-electron chi connectivity index (χ0n) is 13.7. The van der Waals surface area contributed by atoms with E-state index in [1.54, 1.807) is 0 Å². The molecule has 3 fully saturated rings. The van der Waals surface area contributed by atoms with E-state index in [1.165, 1.54) is 0 Å². The van der Waals surface area contributed by atoms with E-state index in [9.17, 15) is 4.79 Å². The summed E-state index contributed by atoms with van der Waals surface area (Å²) in [6.07, 6.45) is 6.65. The molecule has 126 valence electrons. The van der Waals surface area contributed by atoms with Gasteiger partial charge in [0.2, 0.25) is 5.91 Å². The Morgan fingerprint density at radius 1 is 0.682 bits per heavy atom. The molecule has 3 aliphatic rings. The zero-order chi connectivity index (χ0) is 15.4. The molecule has 0 aliphatic carbocycles. The van der Waals surface area contributed by atoms with E-state index in [4.69, 9.17) is 5.73 Å². The van der Waals surface area contributed by atoms with Crippen LogP contribution in [0.2, 0.25) is 0 Å². The summed E-state index contributed by atoms with van der Waals surface area (Å²) in [7, 11) is 0. The lowest BCUT2D eigenvalue weighted by molar-refractivity contribution is -0.145. The number of carbonyl (C=O) groups is 1. The Balaban J connectivity index is 1.94. The van der Waals surface area contributed by atoms with Crippen molar-refractivity contribution in [2.45, 2.75) is 38.5 Å². The van der Waals surface area contributed by atoms with Gasteiger partial charge in [0.05, 0.1) is 5.41 Å². The van der Waals surface area contributed by atoms with Gasteiger partial charge in [0, 0.05) is 0 Å². The molecule has 3 heterocycles. The molecule has 0 aromatic carbocycles. The minimum Gasteiger partial charge on any atom is -0.369 e. The smallest absolute Gasteiger partial charge is 0.224 e. The number of piperidine rings is 3. The highest BCUT2D eigenvalue weighted by Crippen LogP contribution is 2.52. The SMILES string of the molecule is NC(=O)C(C1CCNCC1)(C1CCNCC1)C1CCNCC1. The van der Waals surface area contributed by atoms with E-state index >= 15 is 0 Å². The molecule has 3 aliphatic heterocycles. The van der Waals surface area contributed by atoms with Gasteiger partial charge >= 0.3 is 0 Å². The van der Waals surface area contributed by atoms with Gasteiger partial charge in [-0.3, -0.25) is 4.79 Å². The fourth-order valence-corrected chi connectivity index (χ4v) is 5.50. The minimum absolute atomic E-state index is 0.00167. The molecule has 0 saturated carbocycles. The summed E-state index contributed by atoms with van der Waals surface area (Å²) in [5.74, 6) is 1.41. The molecule has 1 amide bonds. The standard InChI is InChI=1S/C17H32N4O/c18-16(22)17(13-1-7-19-8-2-13,14-3-9-20-10-4-14)15-5-11-21-12-6-15/h13-15,19-21H,1-12H2,(H2,18,22). The second kappa shape index (κ2) is 7.28. The Bertz CT molecular complexity index is 323. The molecule has 0 radical (unpaired) electrons. The second-order valence-electron chi connectivity index (χ2n) is 7.37. The first-order valence-corrected chi connectivity index (χ1v) is 9.18. The predicted molar refractivity (Wildman–Crippen MR) is 88.4 cm³/mol. The van der Waals surface area contributed by atoms with Crippen LogP contribution in [0, 0.1) is 23.2 Å². The van der Waals surface area contributed by atoms with E-state index in [2.05, 4.69) is 16.0 Å². The van der Waals surface area contributed by atoms with Crippen LogP contribution in [-0.2, 0) is 4.79 Å². The van der Waals surface area contributed by atoms with E-state index in [-0.39, 0.29) is 11.3 Å². The highest BCUT2D eigenvalue weighted by atomic mass is 16.1. The first kappa shape index (κ1) is 16.2. The van der Waals surface area contributed by atoms with Crippen molar-refractivity contribution in [1.29, 1.82) is 0 Å². The van der Waals surface area contributed by atoms with Crippen LogP contribution in [0.1, 0.15) is 38.5 Å². The van der Waals surface area contributed by atoms with Crippen molar-refractivity contribution in [3.63, 3.8) is 0 Å². The van der Waals surface area contributed by atoms with Gasteiger partial charge in [-0.2, -0.15) is 0 Å². The highest BCUT2D eigenvalue weighted by Gasteiger charge is 2.54. The van der Waals surface area contributed by atoms with Crippen molar-refractivity contribution in [2.24, 2.45) is 28.9 Å². The largest absolute Gasteiger partial charge is 0.369 e. The third-order valence-corrected chi connectivity index (χ3v) is 6.47. The first-order chi connectivity index (χ1) is 10.8. The fourth-order valence-electron chi connectivity index (χ4n) is 5.50. The molecule has 5 nitrogen and oxygen atoms in total. The lowest BCUT2D eigenvalue weighted by atomic mass is 9.53. The molecule has 5 heteroatoms. The summed E-state index contributed by atoms with van der Waals surface area (Å²) in [5, 5.41) is 10.4. The zero-order valence-corrected chi connectivity index (χ0v) is 13.7. The van der Waals surface area contributed by atoms with Gasteiger partial charge in [-0.15, -0.1) is 0 Å². The second-order valence-corrected chi connectivity index (χ2v) is 7.37. The van der Waals surface area contributed by atoms with E-state index in [0.29, 0.717) is 17.8 Å². The third kappa shape index (κ3) is 2.91. The van der Waals surface area contributed by atoms with Gasteiger partial charge < -0.3 is 21.7 Å². The summed E-state index contributed by atoms with van der Waals surface area (Å²) in [6.45, 7) is 6.22. The van der Waals surface area contributed by atoms with Crippen LogP contribution in [0.15, 0.2) is 0 Å². The van der Waals surface area contributed by atoms with E-state index in [1.807, 2.05) is 0 Å². The molecule has 0 unspecified atom stereocenters. The topological polar surface area (TPSA) is 79.2 Å². The number of primary amides is 1. The Labute approximate surface area is 134 Å². The minimum atomic E-state index is -0.272. The molecule has 0 spiro atoms. The molecule has 22 heavy (non-hydrogen) atoms. The molecule has 0 aromatic heterocycles. The Morgan fingerprint density at radius 2 is 0.955 bits per heavy atom. The predicted octanol–water partition coefficient (Wildman–Crippen LogP) is 0.457. The number of nitrogens with one attached hydrogen (secondary N) is 3. The van der Waals surface area contributed by atoms with Crippen molar-refractivity contribution in [2.75, 3.05) is 39.3 Å². The summed E-state index contributed by atoms with van der Waals surface area (Å²) in [6, 6.07) is 0. The average Bonchev–Trinajstić information content (AvgIpc) is 2.58. The number of hydrogen-bond donors (Lipinski definition) is 4. The molecule has 5 N–H and O–H groups in total. The van der Waals surface area contributed by atoms with Crippen molar-refractivity contribution >= 4 is 5.91 Å². The summed E-state index contributed by atoms with van der Waals surface area (Å²) in [4.78, 5) is 12.9. The van der Waals surface area contributed by atoms with Crippen molar-refractivity contribution in [3.05, 3.63) is 0 Å². The van der Waals surface area contributed by atoms with Crippen LogP contribution in [-0.4, -0.2) is 45.2 Å². The fraction of sp³-hybridized carbons (Fsp3) is 0.941. The monoisotopic (exact) mass is 308 g/mol. The van der Waals surface area contributed by atoms with Gasteiger partial charge in [0.25, 0.3) is 0 Å². The van der Waals surface area contributed by atoms with Gasteiger partial charge in [0.1, 0.15) is 0 Å². The first-order valence-electron chi connectivity index (χ1n) is 9.18. The van der Waals surface area contributed by atoms with E-state index in [0.717, 1.165) is 77.8 Å². The van der Waals surface area contributed by atoms with Gasteiger partial charge in [-0.25, -0.2) is 0 Å². The average molecular weight is 308 g/mol. The Kier molecular flexibility index (Phi) is 5.37. The Hall–Kier alpha value is -0.650. The Morgan fingerprint density at radius 3 is 1.18 bits per heavy atom. The van der Waals surface area contributed by atoms with E-state index < -0.39 is 0 Å². The molecular formula is C17H32N4O. The normalized spacial score (nSPS) is 26.9. The maximum absolute atomic E-state index is 12.9. The van der Waals surface area contributed by atoms with Gasteiger partial charge in [-0.05, 0) is 95.5 Å². The number of amides is 1. The van der Waals surface area contributed by atoms with Crippen LogP contribution >= 0.6 is 0 Å². The molecule has 0 aromatic rings. The van der Waals surface area contributed by atoms with Crippen LogP contribution in [0.3, 0.4) is 0 Å². The lowest BCUT2D eigenvalue weighted by Crippen LogP contribution is -2.59. The maximum atomic E-state index is 12.9. The number of rotatable bonds is 4. The molecule has 3 rings (SSSR count). The molecule has 0 atom stereocenters. The molecular weight excluding hydrogens is 276 g/mol. The highest BCUT2D eigenvalue weighted by molar-refractivity contribution is 5.82. The quantitative estimate of drug-likeness (QED) is 0.608. The van der Waals surface area contributed by atoms with Crippen LogP contribution < -0.4 is 21.7 Å². The van der Waals surface area contributed by atoms with Gasteiger partial charge in [-0.1, -0.05) is 0 Å². The van der Waals surface area contributed by atoms with Crippen molar-refractivity contribution in [1.82, 2.24) is 16.0 Å². The van der Waals surface area contributed by atoms with Crippen molar-refractivity contribution in [3.8, 4) is 0 Å². The number of hydrogen-bond acceptors (Lipinski definition) is 4. The summed E-state index contributed by atoms with van der Waals surface area (Å²) >= 11 is 0. The number of nitrogens with two attached hydrogens (primary N) is 1. The third-order valence-electron chi connectivity index (χ3n) is 6.47. The number of carbonyl (C=O) groups excluding carboxylic acids is 1. The molecule has 3 saturated heterocycles. The molecule has 0 bridgehead atoms. The van der Waals surface area contributed by atoms with Gasteiger partial charge in [0.15, 0.2) is 0 Å². The van der Waals surface area contributed by atoms with Crippen LogP contribution in [0.4, 0.5) is 0 Å². The summed E-state index contributed by atoms with van der Waals surface area (Å²) < 4.78 is 0. The van der Waals surface area contributed by atoms with Crippen LogP contribution in [0.25, 0.3) is 0 Å². The maximum Gasteiger partial charge on any atom is 0.224 e. The van der Waals surface area contributed by atoms with Crippen molar-refractivity contribution < 1.29 is 4.79 Å². The summed E-state index contributed by atoms with van der Waals surface area (Å²) in [5.41, 5.74) is 5.89.